The summed E-state index contributed by atoms with van der Waals surface area (Å²) in [7, 11) is 0. The van der Waals surface area contributed by atoms with Gasteiger partial charge in [0.2, 0.25) is 0 Å². The van der Waals surface area contributed by atoms with E-state index in [9.17, 15) is 0 Å². The van der Waals surface area contributed by atoms with Gasteiger partial charge in [-0.05, 0) is 189 Å². The second-order valence-corrected chi connectivity index (χ2v) is 26.6. The van der Waals surface area contributed by atoms with Gasteiger partial charge in [0.1, 0.15) is 11.5 Å². The van der Waals surface area contributed by atoms with Gasteiger partial charge in [0.05, 0.1) is 18.0 Å². The molecule has 20 rings (SSSR count). The third kappa shape index (κ3) is 7.24. The molecule has 0 bridgehead atoms. The molecule has 0 atom stereocenters. The molecule has 1 spiro atoms. The Hall–Kier alpha value is -11.3. The summed E-state index contributed by atoms with van der Waals surface area (Å²) >= 11 is 0. The summed E-state index contributed by atoms with van der Waals surface area (Å²) in [5.41, 5.74) is 29.8. The highest BCUT2D eigenvalue weighted by molar-refractivity contribution is 7.02. The van der Waals surface area contributed by atoms with Gasteiger partial charge in [0, 0.05) is 57.0 Å². The summed E-state index contributed by atoms with van der Waals surface area (Å²) in [4.78, 5) is 7.30. The summed E-state index contributed by atoms with van der Waals surface area (Å²) in [5, 5.41) is 2.18. The van der Waals surface area contributed by atoms with Crippen molar-refractivity contribution in [3.63, 3.8) is 0 Å². The molecule has 93 heavy (non-hydrogen) atoms. The van der Waals surface area contributed by atoms with Crippen molar-refractivity contribution in [2.45, 2.75) is 31.6 Å². The normalized spacial score (nSPS) is 15.0. The van der Waals surface area contributed by atoms with Gasteiger partial charge < -0.3 is 19.4 Å². The van der Waals surface area contributed by atoms with Gasteiger partial charge in [-0.15, -0.1) is 0 Å². The van der Waals surface area contributed by atoms with Crippen molar-refractivity contribution < 1.29 is 11.6 Å². The molecule has 0 unspecified atom stereocenters. The first kappa shape index (κ1) is 47.6. The van der Waals surface area contributed by atoms with E-state index in [1.807, 2.05) is 24.3 Å². The zero-order valence-electron chi connectivity index (χ0n) is 56.4. The number of fused-ring (bicyclic) bond motifs is 20. The first-order valence-corrected chi connectivity index (χ1v) is 32.3. The van der Waals surface area contributed by atoms with Crippen molar-refractivity contribution in [1.29, 1.82) is 0 Å². The third-order valence-electron chi connectivity index (χ3n) is 20.9. The SMILES string of the molecule is [2H]c1c([2H])c([2H])c(-c2ccc(N3c4cc5c(cc4B4c6ccccc6N(c6ccccc6)c6cc(C(C)(C)C)cc3c64)B3c4ccccc4N(c4ccccc4)c4c3c(cc3cc(-c6cccc7c6C6(c8ccccc8-c8ccccc86)c6ccccc6-7)ccc43)O5)cc2)c([2H])c1[2H]. The molecule has 0 amide bonds. The van der Waals surface area contributed by atoms with Gasteiger partial charge in [-0.3, -0.25) is 0 Å². The smallest absolute Gasteiger partial charge is 0.256 e. The predicted molar refractivity (Wildman–Crippen MR) is 390 cm³/mol. The van der Waals surface area contributed by atoms with Crippen LogP contribution < -0.4 is 52.2 Å². The molecule has 4 nitrogen and oxygen atoms in total. The van der Waals surface area contributed by atoms with Crippen LogP contribution in [0.5, 0.6) is 11.5 Å². The zero-order valence-corrected chi connectivity index (χ0v) is 51.4. The third-order valence-corrected chi connectivity index (χ3v) is 20.9. The van der Waals surface area contributed by atoms with Crippen molar-refractivity contribution in [2.24, 2.45) is 0 Å². The summed E-state index contributed by atoms with van der Waals surface area (Å²) in [6, 6.07) is 98.6. The molecule has 4 heterocycles. The van der Waals surface area contributed by atoms with E-state index in [-0.39, 0.29) is 48.6 Å². The molecular weight excluding hydrogens is 1120 g/mol. The Bertz CT molecular complexity index is 5740. The zero-order chi connectivity index (χ0) is 65.8. The largest absolute Gasteiger partial charge is 0.458 e. The minimum atomic E-state index is -0.544. The fourth-order valence-corrected chi connectivity index (χ4v) is 17.1. The maximum Gasteiger partial charge on any atom is 0.256 e. The van der Waals surface area contributed by atoms with Crippen LogP contribution in [0.1, 0.15) is 55.4 Å². The average Bonchev–Trinajstić information content (AvgIpc) is 1.19. The van der Waals surface area contributed by atoms with E-state index >= 15 is 0 Å². The van der Waals surface area contributed by atoms with Crippen LogP contribution in [0.4, 0.5) is 51.2 Å². The molecule has 0 N–H and O–H groups in total. The van der Waals surface area contributed by atoms with Crippen LogP contribution >= 0.6 is 0 Å². The summed E-state index contributed by atoms with van der Waals surface area (Å²) in [5.74, 6) is 1.55. The number of rotatable bonds is 5. The average molecular weight is 1190 g/mol. The van der Waals surface area contributed by atoms with Gasteiger partial charge in [-0.1, -0.05) is 245 Å². The van der Waals surface area contributed by atoms with Gasteiger partial charge in [0.25, 0.3) is 13.4 Å². The number of benzene rings is 14. The molecule has 6 heteroatoms. The molecule has 4 aliphatic heterocycles. The highest BCUT2D eigenvalue weighted by Crippen LogP contribution is 2.65. The molecule has 2 aliphatic carbocycles. The lowest BCUT2D eigenvalue weighted by Crippen LogP contribution is -2.64. The van der Waals surface area contributed by atoms with E-state index in [4.69, 9.17) is 11.6 Å². The molecular formula is C87H59B2N3O. The van der Waals surface area contributed by atoms with Crippen LogP contribution in [0.15, 0.2) is 303 Å². The van der Waals surface area contributed by atoms with Gasteiger partial charge in [-0.25, -0.2) is 0 Å². The fraction of sp³-hybridized carbons (Fsp3) is 0.0575. The van der Waals surface area contributed by atoms with Crippen LogP contribution in [0.25, 0.3) is 55.3 Å². The maximum absolute atomic E-state index is 9.03. The van der Waals surface area contributed by atoms with Crippen molar-refractivity contribution in [3.05, 3.63) is 331 Å². The number of ether oxygens (including phenoxy) is 1. The Kier molecular flexibility index (Phi) is 9.90. The Morgan fingerprint density at radius 2 is 0.882 bits per heavy atom. The summed E-state index contributed by atoms with van der Waals surface area (Å²) in [6.45, 7) is 6.36. The van der Waals surface area contributed by atoms with Gasteiger partial charge in [0.15, 0.2) is 0 Å². The second-order valence-electron chi connectivity index (χ2n) is 26.6. The van der Waals surface area contributed by atoms with Crippen LogP contribution in [0, 0.1) is 0 Å². The van der Waals surface area contributed by atoms with E-state index in [0.29, 0.717) is 5.56 Å². The van der Waals surface area contributed by atoms with Crippen molar-refractivity contribution in [3.8, 4) is 56.0 Å². The quantitative estimate of drug-likeness (QED) is 0.160. The Morgan fingerprint density at radius 3 is 1.53 bits per heavy atom. The topological polar surface area (TPSA) is 19.0 Å². The Labute approximate surface area is 550 Å². The monoisotopic (exact) mass is 1190 g/mol. The van der Waals surface area contributed by atoms with E-state index in [1.54, 1.807) is 0 Å². The fourth-order valence-electron chi connectivity index (χ4n) is 17.1. The molecule has 0 fully saturated rings. The van der Waals surface area contributed by atoms with Crippen LogP contribution in [-0.4, -0.2) is 13.4 Å². The lowest BCUT2D eigenvalue weighted by atomic mass is 9.30. The van der Waals surface area contributed by atoms with Crippen molar-refractivity contribution in [2.75, 3.05) is 14.7 Å². The number of hydrogen-bond acceptors (Lipinski definition) is 4. The maximum atomic E-state index is 9.03. The second kappa shape index (κ2) is 19.4. The summed E-state index contributed by atoms with van der Waals surface area (Å²) in [6.07, 6.45) is 0. The molecule has 0 aromatic heterocycles. The Balaban J connectivity index is 0.838. The van der Waals surface area contributed by atoms with Crippen LogP contribution in [0.2, 0.25) is 0 Å². The molecule has 434 valence electrons. The number of anilines is 9. The molecule has 0 saturated heterocycles. The first-order valence-electron chi connectivity index (χ1n) is 34.8. The highest BCUT2D eigenvalue weighted by atomic mass is 16.5. The van der Waals surface area contributed by atoms with E-state index < -0.39 is 11.5 Å². The van der Waals surface area contributed by atoms with E-state index in [0.717, 1.165) is 101 Å². The molecule has 14 aromatic rings. The molecule has 0 radical (unpaired) electrons. The number of hydrogen-bond donors (Lipinski definition) is 0. The standard InChI is InChI=1S/C87H59B2N3O/c1-86(2,3)58-50-78-83-79(51-58)91(61-45-42-55(43-46-61)54-24-7-4-8-25-54)77-53-80-74(52-73(77)88(83)71-38-19-21-40-75(71)90(78)59-26-9-5-10-27-59)89-72-39-20-22-41-76(72)92(60-28-11-6-12-29-60)85-63-47-44-56(48-57(63)49-81(93-80)84(85)89)62-33-23-34-67-66-32-15-18-37-70(66)87(82(62)67)68-35-16-13-30-64(68)65-31-14-17-36-69(65)87/h4-53H,1-3H3/i4D,7D,8D,24D,25D. The number of nitrogens with zero attached hydrogens (tertiary/aromatic N) is 3. The minimum Gasteiger partial charge on any atom is -0.458 e. The van der Waals surface area contributed by atoms with Gasteiger partial charge in [-0.2, -0.15) is 0 Å². The highest BCUT2D eigenvalue weighted by Gasteiger charge is 2.53. The van der Waals surface area contributed by atoms with Gasteiger partial charge >= 0.3 is 0 Å². The number of para-hydroxylation sites is 4. The van der Waals surface area contributed by atoms with Crippen LogP contribution in [-0.2, 0) is 10.8 Å². The first-order chi connectivity index (χ1) is 47.9. The minimum absolute atomic E-state index is 0.162. The van der Waals surface area contributed by atoms with E-state index in [1.165, 1.54) is 66.5 Å². The van der Waals surface area contributed by atoms with Crippen molar-refractivity contribution >= 4 is 108 Å². The predicted octanol–water partition coefficient (Wildman–Crippen LogP) is 18.3. The van der Waals surface area contributed by atoms with Crippen molar-refractivity contribution in [1.82, 2.24) is 0 Å². The molecule has 0 saturated carbocycles. The van der Waals surface area contributed by atoms with Crippen LogP contribution in [0.3, 0.4) is 0 Å². The molecule has 14 aromatic carbocycles. The molecule has 6 aliphatic rings. The lowest BCUT2D eigenvalue weighted by molar-refractivity contribution is 0.488. The van der Waals surface area contributed by atoms with E-state index in [2.05, 4.69) is 284 Å². The summed E-state index contributed by atoms with van der Waals surface area (Å²) < 4.78 is 51.5. The lowest BCUT2D eigenvalue weighted by Gasteiger charge is -2.46. The Morgan fingerprint density at radius 1 is 0.366 bits per heavy atom.